The van der Waals surface area contributed by atoms with Gasteiger partial charge in [0.2, 0.25) is 5.91 Å². The average molecular weight is 346 g/mol. The first kappa shape index (κ1) is 20.7. The highest BCUT2D eigenvalue weighted by Crippen LogP contribution is 2.20. The number of ether oxygens (including phenoxy) is 4. The van der Waals surface area contributed by atoms with E-state index in [1.54, 1.807) is 27.9 Å². The SMILES string of the molecule is COCCOCCNC(=O)[C@@H]1CCO[C@H]1CNC(=O)OC(C)(C)C. The normalized spacial score (nSPS) is 20.7. The molecule has 1 heterocycles. The summed E-state index contributed by atoms with van der Waals surface area (Å²) in [6.45, 7) is 8.04. The summed E-state index contributed by atoms with van der Waals surface area (Å²) >= 11 is 0. The fourth-order valence-corrected chi connectivity index (χ4v) is 2.27. The van der Waals surface area contributed by atoms with Crippen molar-refractivity contribution in [3.05, 3.63) is 0 Å². The lowest BCUT2D eigenvalue weighted by Crippen LogP contribution is -2.43. The first-order chi connectivity index (χ1) is 11.3. The number of carbonyl (C=O) groups is 2. The molecular formula is C16H30N2O6. The fourth-order valence-electron chi connectivity index (χ4n) is 2.27. The van der Waals surface area contributed by atoms with E-state index in [1.165, 1.54) is 0 Å². The molecule has 1 aliphatic heterocycles. The van der Waals surface area contributed by atoms with Crippen molar-refractivity contribution in [3.63, 3.8) is 0 Å². The third-order valence-electron chi connectivity index (χ3n) is 3.37. The third-order valence-corrected chi connectivity index (χ3v) is 3.37. The summed E-state index contributed by atoms with van der Waals surface area (Å²) in [5, 5.41) is 5.48. The van der Waals surface area contributed by atoms with E-state index in [2.05, 4.69) is 10.6 Å². The fraction of sp³-hybridized carbons (Fsp3) is 0.875. The molecule has 0 aromatic carbocycles. The van der Waals surface area contributed by atoms with E-state index in [1.807, 2.05) is 0 Å². The molecule has 2 N–H and O–H groups in total. The van der Waals surface area contributed by atoms with Crippen LogP contribution in [0.15, 0.2) is 0 Å². The summed E-state index contributed by atoms with van der Waals surface area (Å²) < 4.78 is 20.9. The van der Waals surface area contributed by atoms with Crippen LogP contribution in [0.25, 0.3) is 0 Å². The number of carbonyl (C=O) groups excluding carboxylic acids is 2. The van der Waals surface area contributed by atoms with Crippen molar-refractivity contribution in [1.82, 2.24) is 10.6 Å². The second kappa shape index (κ2) is 10.5. The van der Waals surface area contributed by atoms with Gasteiger partial charge in [-0.2, -0.15) is 0 Å². The summed E-state index contributed by atoms with van der Waals surface area (Å²) in [6.07, 6.45) is -0.215. The van der Waals surface area contributed by atoms with Crippen molar-refractivity contribution >= 4 is 12.0 Å². The molecule has 0 bridgehead atoms. The molecule has 0 unspecified atom stereocenters. The van der Waals surface area contributed by atoms with Crippen molar-refractivity contribution in [3.8, 4) is 0 Å². The van der Waals surface area contributed by atoms with Gasteiger partial charge in [0, 0.05) is 26.8 Å². The van der Waals surface area contributed by atoms with E-state index in [-0.39, 0.29) is 24.5 Å². The van der Waals surface area contributed by atoms with Crippen LogP contribution in [0.2, 0.25) is 0 Å². The first-order valence-corrected chi connectivity index (χ1v) is 8.26. The van der Waals surface area contributed by atoms with Crippen molar-refractivity contribution in [2.45, 2.75) is 38.9 Å². The Kier molecular flexibility index (Phi) is 9.02. The van der Waals surface area contributed by atoms with Crippen LogP contribution in [-0.2, 0) is 23.7 Å². The van der Waals surface area contributed by atoms with Crippen LogP contribution in [0.1, 0.15) is 27.2 Å². The summed E-state index contributed by atoms with van der Waals surface area (Å²) in [4.78, 5) is 23.9. The Morgan fingerprint density at radius 1 is 1.17 bits per heavy atom. The zero-order valence-electron chi connectivity index (χ0n) is 15.1. The second-order valence-electron chi connectivity index (χ2n) is 6.58. The molecule has 1 saturated heterocycles. The molecule has 2 atom stereocenters. The molecular weight excluding hydrogens is 316 g/mol. The van der Waals surface area contributed by atoms with Crippen molar-refractivity contribution < 1.29 is 28.5 Å². The minimum absolute atomic E-state index is 0.0844. The summed E-state index contributed by atoms with van der Waals surface area (Å²) in [5.41, 5.74) is -0.555. The minimum atomic E-state index is -0.555. The molecule has 0 saturated carbocycles. The van der Waals surface area contributed by atoms with E-state index in [4.69, 9.17) is 18.9 Å². The number of methoxy groups -OCH3 is 1. The van der Waals surface area contributed by atoms with Crippen molar-refractivity contribution in [2.75, 3.05) is 46.6 Å². The van der Waals surface area contributed by atoms with Gasteiger partial charge in [-0.1, -0.05) is 0 Å². The maximum absolute atomic E-state index is 12.2. The Balaban J connectivity index is 2.26. The van der Waals surface area contributed by atoms with Crippen LogP contribution >= 0.6 is 0 Å². The summed E-state index contributed by atoms with van der Waals surface area (Å²) in [5.74, 6) is -0.363. The number of rotatable bonds is 9. The Morgan fingerprint density at radius 3 is 2.58 bits per heavy atom. The Morgan fingerprint density at radius 2 is 1.92 bits per heavy atom. The Labute approximate surface area is 143 Å². The maximum atomic E-state index is 12.2. The van der Waals surface area contributed by atoms with Gasteiger partial charge >= 0.3 is 6.09 Å². The zero-order valence-corrected chi connectivity index (χ0v) is 15.1. The molecule has 0 aliphatic carbocycles. The molecule has 140 valence electrons. The van der Waals surface area contributed by atoms with Crippen LogP contribution in [0.5, 0.6) is 0 Å². The molecule has 0 radical (unpaired) electrons. The van der Waals surface area contributed by atoms with Crippen LogP contribution in [0, 0.1) is 5.92 Å². The molecule has 2 amide bonds. The smallest absolute Gasteiger partial charge is 0.407 e. The van der Waals surface area contributed by atoms with Crippen LogP contribution in [0.4, 0.5) is 4.79 Å². The van der Waals surface area contributed by atoms with Gasteiger partial charge in [0.15, 0.2) is 0 Å². The van der Waals surface area contributed by atoms with Gasteiger partial charge in [0.05, 0.1) is 31.8 Å². The second-order valence-corrected chi connectivity index (χ2v) is 6.58. The predicted octanol–water partition coefficient (Wildman–Crippen LogP) is 0.695. The molecule has 8 heteroatoms. The number of amides is 2. The number of hydrogen-bond donors (Lipinski definition) is 2. The summed E-state index contributed by atoms with van der Waals surface area (Å²) in [6, 6.07) is 0. The first-order valence-electron chi connectivity index (χ1n) is 8.26. The highest BCUT2D eigenvalue weighted by Gasteiger charge is 2.34. The summed E-state index contributed by atoms with van der Waals surface area (Å²) in [7, 11) is 1.61. The quantitative estimate of drug-likeness (QED) is 0.597. The van der Waals surface area contributed by atoms with Gasteiger partial charge in [-0.25, -0.2) is 4.79 Å². The Bertz CT molecular complexity index is 397. The largest absolute Gasteiger partial charge is 0.444 e. The molecule has 8 nitrogen and oxygen atoms in total. The highest BCUT2D eigenvalue weighted by atomic mass is 16.6. The molecule has 24 heavy (non-hydrogen) atoms. The molecule has 0 spiro atoms. The molecule has 0 aromatic heterocycles. The van der Waals surface area contributed by atoms with Gasteiger partial charge < -0.3 is 29.6 Å². The molecule has 1 fully saturated rings. The van der Waals surface area contributed by atoms with Crippen LogP contribution in [-0.4, -0.2) is 70.3 Å². The predicted molar refractivity (Wildman–Crippen MR) is 87.8 cm³/mol. The van der Waals surface area contributed by atoms with E-state index < -0.39 is 11.7 Å². The van der Waals surface area contributed by atoms with E-state index in [0.29, 0.717) is 39.4 Å². The molecule has 1 aliphatic rings. The van der Waals surface area contributed by atoms with E-state index in [0.717, 1.165) is 0 Å². The number of nitrogens with one attached hydrogen (secondary N) is 2. The minimum Gasteiger partial charge on any atom is -0.444 e. The topological polar surface area (TPSA) is 95.1 Å². The van der Waals surface area contributed by atoms with Crippen LogP contribution < -0.4 is 10.6 Å². The lowest BCUT2D eigenvalue weighted by atomic mass is 10.0. The standard InChI is InChI=1S/C16H30N2O6/c1-16(2,3)24-15(20)18-11-13-12(5-7-23-13)14(19)17-6-8-22-10-9-21-4/h12-13H,5-11H2,1-4H3,(H,17,19)(H,18,20)/t12-,13+/m1/s1. The maximum Gasteiger partial charge on any atom is 0.407 e. The van der Waals surface area contributed by atoms with Crippen molar-refractivity contribution in [1.29, 1.82) is 0 Å². The third kappa shape index (κ3) is 8.47. The van der Waals surface area contributed by atoms with Crippen molar-refractivity contribution in [2.24, 2.45) is 5.92 Å². The lowest BCUT2D eigenvalue weighted by molar-refractivity contribution is -0.126. The van der Waals surface area contributed by atoms with Gasteiger partial charge in [0.1, 0.15) is 5.60 Å². The Hall–Kier alpha value is -1.38. The van der Waals surface area contributed by atoms with Gasteiger partial charge in [-0.15, -0.1) is 0 Å². The van der Waals surface area contributed by atoms with Gasteiger partial charge in [-0.05, 0) is 27.2 Å². The monoisotopic (exact) mass is 346 g/mol. The zero-order chi connectivity index (χ0) is 18.0. The van der Waals surface area contributed by atoms with Gasteiger partial charge in [0.25, 0.3) is 0 Å². The molecule has 0 aromatic rings. The average Bonchev–Trinajstić information content (AvgIpc) is 2.95. The lowest BCUT2D eigenvalue weighted by Gasteiger charge is -2.22. The number of hydrogen-bond acceptors (Lipinski definition) is 6. The van der Waals surface area contributed by atoms with E-state index in [9.17, 15) is 9.59 Å². The van der Waals surface area contributed by atoms with E-state index >= 15 is 0 Å². The molecule has 1 rings (SSSR count). The van der Waals surface area contributed by atoms with Crippen LogP contribution in [0.3, 0.4) is 0 Å². The number of alkyl carbamates (subject to hydrolysis) is 1. The highest BCUT2D eigenvalue weighted by molar-refractivity contribution is 5.79. The van der Waals surface area contributed by atoms with Gasteiger partial charge in [-0.3, -0.25) is 4.79 Å².